The summed E-state index contributed by atoms with van der Waals surface area (Å²) in [6.45, 7) is 7.41. The number of nitrogens with zero attached hydrogens (tertiary/aromatic N) is 1. The van der Waals surface area contributed by atoms with Crippen molar-refractivity contribution in [3.05, 3.63) is 65.5 Å². The van der Waals surface area contributed by atoms with E-state index in [1.54, 1.807) is 26.0 Å². The first-order valence-electron chi connectivity index (χ1n) is 12.9. The highest BCUT2D eigenvalue weighted by atomic mass is 19.3. The highest BCUT2D eigenvalue weighted by molar-refractivity contribution is 6.03. The van der Waals surface area contributed by atoms with E-state index < -0.39 is 34.6 Å². The molecule has 0 unspecified atom stereocenters. The van der Waals surface area contributed by atoms with Gasteiger partial charge in [0.25, 0.3) is 0 Å². The minimum absolute atomic E-state index is 0.0117. The smallest absolute Gasteiger partial charge is 0.457 e. The number of aliphatic hydroxyl groups excluding tert-OH is 1. The zero-order valence-corrected chi connectivity index (χ0v) is 22.4. The zero-order valence-electron chi connectivity index (χ0n) is 22.4. The van der Waals surface area contributed by atoms with Crippen molar-refractivity contribution in [2.75, 3.05) is 11.9 Å². The van der Waals surface area contributed by atoms with Crippen LogP contribution in [0.2, 0.25) is 0 Å². The summed E-state index contributed by atoms with van der Waals surface area (Å²) in [5.74, 6) is -1.62. The van der Waals surface area contributed by atoms with E-state index in [0.717, 1.165) is 5.69 Å². The summed E-state index contributed by atoms with van der Waals surface area (Å²) in [4.78, 5) is 13.4. The van der Waals surface area contributed by atoms with E-state index in [2.05, 4.69) is 14.8 Å². The molecule has 1 aromatic heterocycles. The molecule has 2 aromatic carbocycles. The molecule has 1 saturated carbocycles. The number of hydrogen-bond donors (Lipinski definition) is 2. The van der Waals surface area contributed by atoms with Gasteiger partial charge < -0.3 is 33.9 Å². The number of aliphatic hydroxyl groups is 1. The highest BCUT2D eigenvalue weighted by Gasteiger charge is 2.53. The van der Waals surface area contributed by atoms with Crippen molar-refractivity contribution in [2.45, 2.75) is 70.0 Å². The van der Waals surface area contributed by atoms with Gasteiger partial charge in [0.1, 0.15) is 12.1 Å². The number of alkyl halides is 2. The molecule has 0 radical (unpaired) electrons. The maximum Gasteiger partial charge on any atom is 0.586 e. The van der Waals surface area contributed by atoms with Crippen LogP contribution in [0.15, 0.2) is 48.4 Å². The van der Waals surface area contributed by atoms with E-state index in [1.807, 2.05) is 24.5 Å². The lowest BCUT2D eigenvalue weighted by atomic mass is 9.90. The van der Waals surface area contributed by atoms with Crippen molar-refractivity contribution in [1.82, 2.24) is 4.57 Å². The monoisotopic (exact) mass is 558 g/mol. The molecule has 2 aliphatic heterocycles. The van der Waals surface area contributed by atoms with Gasteiger partial charge in [-0.3, -0.25) is 4.79 Å². The molecule has 11 heteroatoms. The van der Waals surface area contributed by atoms with E-state index in [9.17, 15) is 18.7 Å². The minimum atomic E-state index is -3.76. The van der Waals surface area contributed by atoms with Crippen molar-refractivity contribution in [1.29, 1.82) is 0 Å². The van der Waals surface area contributed by atoms with Crippen LogP contribution < -0.4 is 14.8 Å². The second kappa shape index (κ2) is 8.57. The number of allylic oxidation sites excluding steroid dienone is 1. The molecule has 1 aliphatic carbocycles. The fourth-order valence-corrected chi connectivity index (χ4v) is 5.25. The maximum absolute atomic E-state index is 15.5. The molecule has 8 nitrogen and oxygen atoms in total. The van der Waals surface area contributed by atoms with Crippen LogP contribution >= 0.6 is 0 Å². The quantitative estimate of drug-likeness (QED) is 0.389. The Morgan fingerprint density at radius 1 is 1.07 bits per heavy atom. The zero-order chi connectivity index (χ0) is 28.7. The molecular weight excluding hydrogens is 529 g/mol. The molecule has 3 aliphatic rings. The van der Waals surface area contributed by atoms with Gasteiger partial charge in [-0.1, -0.05) is 19.9 Å². The van der Waals surface area contributed by atoms with Gasteiger partial charge in [0, 0.05) is 36.4 Å². The predicted octanol–water partition coefficient (Wildman–Crippen LogP) is 5.67. The van der Waals surface area contributed by atoms with Crippen molar-refractivity contribution >= 4 is 22.5 Å². The van der Waals surface area contributed by atoms with Gasteiger partial charge >= 0.3 is 6.29 Å². The molecule has 2 N–H and O–H groups in total. The minimum Gasteiger partial charge on any atom is -0.457 e. The highest BCUT2D eigenvalue weighted by Crippen LogP contribution is 2.52. The first-order chi connectivity index (χ1) is 18.7. The second-order valence-corrected chi connectivity index (χ2v) is 11.6. The van der Waals surface area contributed by atoms with Gasteiger partial charge in [0.2, 0.25) is 11.7 Å². The fourth-order valence-electron chi connectivity index (χ4n) is 5.25. The predicted molar refractivity (Wildman–Crippen MR) is 139 cm³/mol. The molecule has 6 rings (SSSR count). The Labute approximate surface area is 228 Å². The van der Waals surface area contributed by atoms with Crippen molar-refractivity contribution < 1.29 is 42.0 Å². The summed E-state index contributed by atoms with van der Waals surface area (Å²) in [5.41, 5.74) is 0.119. The van der Waals surface area contributed by atoms with Gasteiger partial charge in [0.05, 0.1) is 29.8 Å². The van der Waals surface area contributed by atoms with Crippen LogP contribution in [0.25, 0.3) is 10.9 Å². The number of nitrogens with one attached hydrogen (secondary N) is 1. The third-order valence-corrected chi connectivity index (χ3v) is 7.63. The number of rotatable bonds is 7. The van der Waals surface area contributed by atoms with E-state index >= 15 is 4.39 Å². The summed E-state index contributed by atoms with van der Waals surface area (Å²) < 4.78 is 64.7. The van der Waals surface area contributed by atoms with E-state index in [-0.39, 0.29) is 30.3 Å². The Morgan fingerprint density at radius 2 is 1.80 bits per heavy atom. The summed E-state index contributed by atoms with van der Waals surface area (Å²) in [7, 11) is 0. The summed E-state index contributed by atoms with van der Waals surface area (Å²) >= 11 is 0. The standard InChI is InChI=1S/C29H29F3N2O6/c1-26(2,15-35)24-10-16-9-20(19(30)12-21(16)34(24)13-18-14-37-27(3,4)38-18)33-25(36)28(7-8-28)17-5-6-22-23(11-17)40-29(31,32)39-22/h5-6,9-12,14,35H,7-8,13,15H2,1-4H3,(H,33,36). The largest absolute Gasteiger partial charge is 0.586 e. The molecule has 0 atom stereocenters. The Bertz CT molecular complexity index is 1570. The third kappa shape index (κ3) is 4.42. The molecule has 40 heavy (non-hydrogen) atoms. The number of ether oxygens (including phenoxy) is 4. The number of fused-ring (bicyclic) bond motifs is 2. The first kappa shape index (κ1) is 26.4. The molecule has 3 aromatic rings. The molecule has 0 bridgehead atoms. The van der Waals surface area contributed by atoms with Crippen LogP contribution in [0.3, 0.4) is 0 Å². The van der Waals surface area contributed by atoms with Gasteiger partial charge in [0.15, 0.2) is 17.3 Å². The van der Waals surface area contributed by atoms with Crippen LogP contribution in [0.1, 0.15) is 51.8 Å². The topological polar surface area (TPSA) is 91.2 Å². The Hall–Kier alpha value is -3.86. The van der Waals surface area contributed by atoms with E-state index in [1.165, 1.54) is 24.5 Å². The Balaban J connectivity index is 1.31. The van der Waals surface area contributed by atoms with Crippen molar-refractivity contribution in [3.8, 4) is 11.5 Å². The van der Waals surface area contributed by atoms with Crippen LogP contribution in [-0.2, 0) is 31.6 Å². The normalized spacial score (nSPS) is 19.6. The van der Waals surface area contributed by atoms with Crippen molar-refractivity contribution in [2.24, 2.45) is 0 Å². The van der Waals surface area contributed by atoms with Crippen LogP contribution in [0.4, 0.5) is 18.9 Å². The SMILES string of the molecule is CC1(C)OC=C(Cn2c(C(C)(C)CO)cc3cc(NC(=O)C4(c5ccc6c(c5)OC(F)(F)O6)CC4)c(F)cc32)O1. The average molecular weight is 559 g/mol. The number of anilines is 1. The number of hydrogen-bond acceptors (Lipinski definition) is 6. The maximum atomic E-state index is 15.5. The molecule has 3 heterocycles. The molecule has 1 fully saturated rings. The molecule has 0 saturated heterocycles. The lowest BCUT2D eigenvalue weighted by molar-refractivity contribution is -0.286. The van der Waals surface area contributed by atoms with E-state index in [0.29, 0.717) is 35.1 Å². The average Bonchev–Trinajstić information content (AvgIpc) is 3.39. The number of halogens is 3. The Kier molecular flexibility index (Phi) is 5.65. The van der Waals surface area contributed by atoms with Gasteiger partial charge in [-0.05, 0) is 42.7 Å². The van der Waals surface area contributed by atoms with E-state index in [4.69, 9.17) is 9.47 Å². The van der Waals surface area contributed by atoms with Crippen molar-refractivity contribution in [3.63, 3.8) is 0 Å². The lowest BCUT2D eigenvalue weighted by Gasteiger charge is -2.25. The number of carbonyl (C=O) groups is 1. The van der Waals surface area contributed by atoms with Gasteiger partial charge in [-0.2, -0.15) is 0 Å². The number of benzene rings is 2. The van der Waals surface area contributed by atoms with Crippen LogP contribution in [0.5, 0.6) is 11.5 Å². The third-order valence-electron chi connectivity index (χ3n) is 7.63. The summed E-state index contributed by atoms with van der Waals surface area (Å²) in [5, 5.41) is 13.4. The second-order valence-electron chi connectivity index (χ2n) is 11.6. The van der Waals surface area contributed by atoms with Crippen LogP contribution in [0, 0.1) is 5.82 Å². The van der Waals surface area contributed by atoms with Gasteiger partial charge in [-0.15, -0.1) is 8.78 Å². The number of amides is 1. The fraction of sp³-hybridized carbons (Fsp3) is 0.414. The first-order valence-corrected chi connectivity index (χ1v) is 12.9. The number of aromatic nitrogens is 1. The lowest BCUT2D eigenvalue weighted by Crippen LogP contribution is -2.28. The summed E-state index contributed by atoms with van der Waals surface area (Å²) in [6, 6.07) is 9.00. The summed E-state index contributed by atoms with van der Waals surface area (Å²) in [6.07, 6.45) is -1.30. The molecule has 0 spiro atoms. The number of carbonyl (C=O) groups excluding carboxylic acids is 1. The molecular formula is C29H29F3N2O6. The van der Waals surface area contributed by atoms with Crippen LogP contribution in [-0.4, -0.2) is 34.3 Å². The molecule has 212 valence electrons. The molecule has 1 amide bonds. The van der Waals surface area contributed by atoms with Gasteiger partial charge in [-0.25, -0.2) is 4.39 Å². The Morgan fingerprint density at radius 3 is 2.45 bits per heavy atom.